The predicted octanol–water partition coefficient (Wildman–Crippen LogP) is 3.43. The Balaban J connectivity index is 1.81. The minimum absolute atomic E-state index is 0.205. The normalized spacial score (nSPS) is 18.6. The summed E-state index contributed by atoms with van der Waals surface area (Å²) in [7, 11) is 0. The van der Waals surface area contributed by atoms with Crippen molar-refractivity contribution < 1.29 is 0 Å². The van der Waals surface area contributed by atoms with E-state index in [1.807, 2.05) is 0 Å². The SMILES string of the molecule is CC(C)N1CCC(NCC(C)(C)c2ccccc2)CC1. The van der Waals surface area contributed by atoms with Crippen LogP contribution in [0, 0.1) is 0 Å². The van der Waals surface area contributed by atoms with Crippen LogP contribution in [0.3, 0.4) is 0 Å². The molecule has 1 aromatic carbocycles. The maximum atomic E-state index is 3.79. The minimum atomic E-state index is 0.205. The zero-order chi connectivity index (χ0) is 14.6. The smallest absolute Gasteiger partial charge is 0.00917 e. The topological polar surface area (TPSA) is 15.3 Å². The molecule has 0 saturated carbocycles. The Morgan fingerprint density at radius 1 is 1.15 bits per heavy atom. The second kappa shape index (κ2) is 6.73. The average molecular weight is 274 g/mol. The molecule has 2 heteroatoms. The number of rotatable bonds is 5. The van der Waals surface area contributed by atoms with Gasteiger partial charge in [0.25, 0.3) is 0 Å². The summed E-state index contributed by atoms with van der Waals surface area (Å²) in [6.07, 6.45) is 2.56. The summed E-state index contributed by atoms with van der Waals surface area (Å²) in [5.74, 6) is 0. The molecule has 112 valence electrons. The van der Waals surface area contributed by atoms with E-state index in [1.54, 1.807) is 0 Å². The summed E-state index contributed by atoms with van der Waals surface area (Å²) in [6, 6.07) is 12.2. The van der Waals surface area contributed by atoms with E-state index in [9.17, 15) is 0 Å². The van der Waals surface area contributed by atoms with Gasteiger partial charge in [0.15, 0.2) is 0 Å². The van der Waals surface area contributed by atoms with Crippen molar-refractivity contribution in [1.82, 2.24) is 10.2 Å². The fourth-order valence-electron chi connectivity index (χ4n) is 3.01. The summed E-state index contributed by atoms with van der Waals surface area (Å²) >= 11 is 0. The van der Waals surface area contributed by atoms with Gasteiger partial charge >= 0.3 is 0 Å². The lowest BCUT2D eigenvalue weighted by molar-refractivity contribution is 0.159. The summed E-state index contributed by atoms with van der Waals surface area (Å²) in [5.41, 5.74) is 1.63. The Hall–Kier alpha value is -0.860. The highest BCUT2D eigenvalue weighted by Crippen LogP contribution is 2.22. The van der Waals surface area contributed by atoms with Gasteiger partial charge in [-0.25, -0.2) is 0 Å². The average Bonchev–Trinajstić information content (AvgIpc) is 2.46. The number of likely N-dealkylation sites (tertiary alicyclic amines) is 1. The van der Waals surface area contributed by atoms with Gasteiger partial charge in [0.1, 0.15) is 0 Å². The molecule has 0 unspecified atom stereocenters. The quantitative estimate of drug-likeness (QED) is 0.885. The molecule has 1 fully saturated rings. The van der Waals surface area contributed by atoms with Crippen LogP contribution < -0.4 is 5.32 Å². The van der Waals surface area contributed by atoms with Crippen LogP contribution in [-0.4, -0.2) is 36.6 Å². The molecule has 1 aromatic rings. The third-order valence-corrected chi connectivity index (χ3v) is 4.65. The first kappa shape index (κ1) is 15.5. The number of nitrogens with zero attached hydrogens (tertiary/aromatic N) is 1. The third-order valence-electron chi connectivity index (χ3n) is 4.65. The lowest BCUT2D eigenvalue weighted by atomic mass is 9.84. The van der Waals surface area contributed by atoms with Crippen molar-refractivity contribution in [1.29, 1.82) is 0 Å². The van der Waals surface area contributed by atoms with E-state index >= 15 is 0 Å². The van der Waals surface area contributed by atoms with Crippen LogP contribution >= 0.6 is 0 Å². The molecule has 1 saturated heterocycles. The highest BCUT2D eigenvalue weighted by Gasteiger charge is 2.24. The molecule has 1 N–H and O–H groups in total. The van der Waals surface area contributed by atoms with Crippen molar-refractivity contribution in [2.75, 3.05) is 19.6 Å². The van der Waals surface area contributed by atoms with Crippen LogP contribution in [0.5, 0.6) is 0 Å². The van der Waals surface area contributed by atoms with Gasteiger partial charge in [-0.1, -0.05) is 44.2 Å². The van der Waals surface area contributed by atoms with Crippen LogP contribution in [0.25, 0.3) is 0 Å². The van der Waals surface area contributed by atoms with Crippen LogP contribution in [0.4, 0.5) is 0 Å². The summed E-state index contributed by atoms with van der Waals surface area (Å²) in [5, 5.41) is 3.79. The molecule has 2 nitrogen and oxygen atoms in total. The largest absolute Gasteiger partial charge is 0.313 e. The zero-order valence-electron chi connectivity index (χ0n) is 13.5. The van der Waals surface area contributed by atoms with Gasteiger partial charge in [-0.05, 0) is 45.3 Å². The molecular formula is C18H30N2. The first-order valence-corrected chi connectivity index (χ1v) is 8.02. The molecule has 0 amide bonds. The van der Waals surface area contributed by atoms with E-state index in [1.165, 1.54) is 31.5 Å². The van der Waals surface area contributed by atoms with Gasteiger partial charge < -0.3 is 10.2 Å². The lowest BCUT2D eigenvalue weighted by Crippen LogP contribution is -2.47. The van der Waals surface area contributed by atoms with Gasteiger partial charge in [0.05, 0.1) is 0 Å². The van der Waals surface area contributed by atoms with Crippen molar-refractivity contribution in [3.63, 3.8) is 0 Å². The second-order valence-electron chi connectivity index (χ2n) is 7.03. The van der Waals surface area contributed by atoms with Crippen molar-refractivity contribution in [3.8, 4) is 0 Å². The molecule has 0 spiro atoms. The van der Waals surface area contributed by atoms with Gasteiger partial charge in [-0.15, -0.1) is 0 Å². The van der Waals surface area contributed by atoms with Crippen molar-refractivity contribution >= 4 is 0 Å². The van der Waals surface area contributed by atoms with E-state index in [4.69, 9.17) is 0 Å². The maximum Gasteiger partial charge on any atom is 0.00917 e. The monoisotopic (exact) mass is 274 g/mol. The number of hydrogen-bond acceptors (Lipinski definition) is 2. The van der Waals surface area contributed by atoms with E-state index in [-0.39, 0.29) is 5.41 Å². The number of benzene rings is 1. The van der Waals surface area contributed by atoms with E-state index in [0.29, 0.717) is 12.1 Å². The highest BCUT2D eigenvalue weighted by molar-refractivity contribution is 5.23. The minimum Gasteiger partial charge on any atom is -0.313 e. The highest BCUT2D eigenvalue weighted by atomic mass is 15.2. The number of hydrogen-bond donors (Lipinski definition) is 1. The fraction of sp³-hybridized carbons (Fsp3) is 0.667. The number of nitrogens with one attached hydrogen (secondary N) is 1. The van der Waals surface area contributed by atoms with E-state index in [0.717, 1.165) is 6.54 Å². The van der Waals surface area contributed by atoms with Crippen LogP contribution in [0.1, 0.15) is 46.1 Å². The maximum absolute atomic E-state index is 3.79. The first-order valence-electron chi connectivity index (χ1n) is 8.02. The number of piperidine rings is 1. The molecule has 2 rings (SSSR count). The first-order chi connectivity index (χ1) is 9.49. The zero-order valence-corrected chi connectivity index (χ0v) is 13.5. The van der Waals surface area contributed by atoms with E-state index < -0.39 is 0 Å². The Morgan fingerprint density at radius 2 is 1.75 bits per heavy atom. The summed E-state index contributed by atoms with van der Waals surface area (Å²) in [6.45, 7) is 12.8. The summed E-state index contributed by atoms with van der Waals surface area (Å²) < 4.78 is 0. The standard InChI is InChI=1S/C18H30N2/c1-15(2)20-12-10-17(11-13-20)19-14-18(3,4)16-8-6-5-7-9-16/h5-9,15,17,19H,10-14H2,1-4H3. The van der Waals surface area contributed by atoms with Crippen LogP contribution in [0.2, 0.25) is 0 Å². The van der Waals surface area contributed by atoms with Crippen molar-refractivity contribution in [2.24, 2.45) is 0 Å². The molecule has 1 aliphatic rings. The Kier molecular flexibility index (Phi) is 5.22. The summed E-state index contributed by atoms with van der Waals surface area (Å²) in [4.78, 5) is 2.58. The molecule has 20 heavy (non-hydrogen) atoms. The molecule has 1 heterocycles. The molecule has 0 aromatic heterocycles. The van der Waals surface area contributed by atoms with Crippen molar-refractivity contribution in [3.05, 3.63) is 35.9 Å². The van der Waals surface area contributed by atoms with Crippen molar-refractivity contribution in [2.45, 2.75) is 58.0 Å². The van der Waals surface area contributed by atoms with Crippen LogP contribution in [-0.2, 0) is 5.41 Å². The van der Waals surface area contributed by atoms with Gasteiger partial charge in [0.2, 0.25) is 0 Å². The lowest BCUT2D eigenvalue weighted by Gasteiger charge is -2.36. The Labute approximate surface area is 124 Å². The second-order valence-corrected chi connectivity index (χ2v) is 7.03. The molecule has 0 atom stereocenters. The fourth-order valence-corrected chi connectivity index (χ4v) is 3.01. The van der Waals surface area contributed by atoms with E-state index in [2.05, 4.69) is 68.2 Å². The molecule has 1 aliphatic heterocycles. The van der Waals surface area contributed by atoms with Gasteiger partial charge in [-0.3, -0.25) is 0 Å². The molecule has 0 bridgehead atoms. The van der Waals surface area contributed by atoms with Gasteiger partial charge in [-0.2, -0.15) is 0 Å². The Bertz CT molecular complexity index is 389. The third kappa shape index (κ3) is 4.07. The Morgan fingerprint density at radius 3 is 2.30 bits per heavy atom. The molecule has 0 aliphatic carbocycles. The molecule has 0 radical (unpaired) electrons. The van der Waals surface area contributed by atoms with Crippen LogP contribution in [0.15, 0.2) is 30.3 Å². The van der Waals surface area contributed by atoms with Gasteiger partial charge in [0, 0.05) is 24.0 Å². The predicted molar refractivity (Wildman–Crippen MR) is 87.2 cm³/mol. The molecular weight excluding hydrogens is 244 g/mol.